The van der Waals surface area contributed by atoms with Crippen LogP contribution in [0.5, 0.6) is 0 Å². The van der Waals surface area contributed by atoms with Crippen LogP contribution in [-0.4, -0.2) is 75.0 Å². The van der Waals surface area contributed by atoms with Crippen molar-refractivity contribution in [1.82, 2.24) is 21.3 Å². The maximum atomic E-state index is 14.2. The van der Waals surface area contributed by atoms with Gasteiger partial charge in [0.25, 0.3) is 0 Å². The molecular weight excluding hydrogens is 640 g/mol. The quantitative estimate of drug-likeness (QED) is 0.320. The molecule has 4 spiro atoms. The van der Waals surface area contributed by atoms with Gasteiger partial charge in [-0.3, -0.25) is 19.2 Å². The molecule has 0 aromatic carbocycles. The summed E-state index contributed by atoms with van der Waals surface area (Å²) in [6, 6.07) is -1.64. The molecule has 2 atom stereocenters. The zero-order valence-corrected chi connectivity index (χ0v) is 29.9. The Labute approximate surface area is 295 Å². The van der Waals surface area contributed by atoms with Crippen LogP contribution in [0.4, 0.5) is 0 Å². The number of methoxy groups -OCH3 is 2. The molecule has 1 saturated heterocycles. The fourth-order valence-electron chi connectivity index (χ4n) is 12.7. The predicted octanol–water partition coefficient (Wildman–Crippen LogP) is 3.06. The number of nitrogens with one attached hydrogen (secondary N) is 4. The van der Waals surface area contributed by atoms with Crippen LogP contribution in [-0.2, 0) is 38.2 Å². The van der Waals surface area contributed by atoms with Crippen molar-refractivity contribution >= 4 is 35.6 Å². The van der Waals surface area contributed by atoms with Gasteiger partial charge in [0.1, 0.15) is 12.1 Å². The van der Waals surface area contributed by atoms with Gasteiger partial charge in [0, 0.05) is 13.1 Å². The third kappa shape index (κ3) is 6.31. The molecule has 12 heteroatoms. The minimum absolute atomic E-state index is 0.0442. The third-order valence-corrected chi connectivity index (χ3v) is 14.0. The first-order valence-corrected chi connectivity index (χ1v) is 19.3. The molecule has 9 aliphatic rings. The number of carbonyl (C=O) groups is 6. The van der Waals surface area contributed by atoms with E-state index in [4.69, 9.17) is 9.47 Å². The van der Waals surface area contributed by atoms with Crippen molar-refractivity contribution in [2.75, 3.05) is 27.3 Å². The van der Waals surface area contributed by atoms with E-state index >= 15 is 0 Å². The summed E-state index contributed by atoms with van der Waals surface area (Å²) in [4.78, 5) is 81.8. The first-order valence-electron chi connectivity index (χ1n) is 19.3. The minimum Gasteiger partial charge on any atom is -0.467 e. The third-order valence-electron chi connectivity index (χ3n) is 14.0. The molecule has 4 N–H and O–H groups in total. The van der Waals surface area contributed by atoms with Gasteiger partial charge in [-0.2, -0.15) is 0 Å². The molecule has 0 aromatic rings. The second kappa shape index (κ2) is 13.4. The van der Waals surface area contributed by atoms with Crippen LogP contribution < -0.4 is 21.3 Å². The average molecular weight is 697 g/mol. The van der Waals surface area contributed by atoms with E-state index in [9.17, 15) is 28.8 Å². The molecule has 50 heavy (non-hydrogen) atoms. The Bertz CT molecular complexity index is 1290. The summed E-state index contributed by atoms with van der Waals surface area (Å²) in [5.74, 6) is -0.129. The summed E-state index contributed by atoms with van der Waals surface area (Å²) in [5, 5.41) is 12.5. The highest BCUT2D eigenvalue weighted by Gasteiger charge is 2.64. The molecule has 0 radical (unpaired) electrons. The first-order chi connectivity index (χ1) is 23.9. The normalized spacial score (nSPS) is 43.5. The molecule has 9 rings (SSSR count). The van der Waals surface area contributed by atoms with E-state index in [0.717, 1.165) is 38.5 Å². The second-order valence-corrected chi connectivity index (χ2v) is 17.6. The Balaban J connectivity index is 1.11. The molecule has 8 aliphatic carbocycles. The summed E-state index contributed by atoms with van der Waals surface area (Å²) >= 11 is 0. The van der Waals surface area contributed by atoms with Gasteiger partial charge in [-0.15, -0.1) is 0 Å². The van der Waals surface area contributed by atoms with Gasteiger partial charge < -0.3 is 30.7 Å². The molecule has 9 fully saturated rings. The summed E-state index contributed by atoms with van der Waals surface area (Å²) in [7, 11) is 2.64. The van der Waals surface area contributed by atoms with Crippen LogP contribution in [0.25, 0.3) is 0 Å². The summed E-state index contributed by atoms with van der Waals surface area (Å²) in [6.07, 6.45) is 12.3. The lowest BCUT2D eigenvalue weighted by Crippen LogP contribution is -2.63. The van der Waals surface area contributed by atoms with Crippen LogP contribution in [0.2, 0.25) is 0 Å². The molecule has 12 nitrogen and oxygen atoms in total. The van der Waals surface area contributed by atoms with Crippen molar-refractivity contribution in [2.24, 2.45) is 45.3 Å². The zero-order valence-electron chi connectivity index (χ0n) is 29.9. The van der Waals surface area contributed by atoms with Crippen molar-refractivity contribution in [1.29, 1.82) is 0 Å². The molecular formula is C38H56N4O8. The second-order valence-electron chi connectivity index (χ2n) is 17.6. The molecule has 276 valence electrons. The van der Waals surface area contributed by atoms with Crippen molar-refractivity contribution in [3.8, 4) is 0 Å². The van der Waals surface area contributed by atoms with Crippen molar-refractivity contribution in [3.63, 3.8) is 0 Å². The number of hydrogen-bond acceptors (Lipinski definition) is 8. The van der Waals surface area contributed by atoms with E-state index in [1.165, 1.54) is 14.2 Å². The Hall–Kier alpha value is -3.18. The monoisotopic (exact) mass is 696 g/mol. The van der Waals surface area contributed by atoms with Crippen LogP contribution in [0, 0.1) is 45.3 Å². The number of carbonyl (C=O) groups excluding carboxylic acids is 6. The van der Waals surface area contributed by atoms with E-state index in [2.05, 4.69) is 21.3 Å². The Kier molecular flexibility index (Phi) is 9.46. The number of rotatable bonds is 2. The van der Waals surface area contributed by atoms with E-state index < -0.39 is 45.7 Å². The summed E-state index contributed by atoms with van der Waals surface area (Å²) in [6.45, 7) is 0.933. The minimum atomic E-state index is -0.822. The molecule has 2 unspecified atom stereocenters. The maximum Gasteiger partial charge on any atom is 0.328 e. The summed E-state index contributed by atoms with van der Waals surface area (Å²) in [5.41, 5.74) is -2.58. The Morgan fingerprint density at radius 2 is 0.840 bits per heavy atom. The lowest BCUT2D eigenvalue weighted by Gasteiger charge is -2.60. The van der Waals surface area contributed by atoms with Crippen LogP contribution >= 0.6 is 0 Å². The highest BCUT2D eigenvalue weighted by molar-refractivity contribution is 5.92. The van der Waals surface area contributed by atoms with Gasteiger partial charge in [0.2, 0.25) is 23.6 Å². The van der Waals surface area contributed by atoms with E-state index in [-0.39, 0.29) is 35.5 Å². The Morgan fingerprint density at radius 3 is 1.16 bits per heavy atom. The zero-order chi connectivity index (χ0) is 35.3. The predicted molar refractivity (Wildman–Crippen MR) is 181 cm³/mol. The van der Waals surface area contributed by atoms with Crippen LogP contribution in [0.3, 0.4) is 0 Å². The van der Waals surface area contributed by atoms with Crippen molar-refractivity contribution in [3.05, 3.63) is 0 Å². The topological polar surface area (TPSA) is 169 Å². The summed E-state index contributed by atoms with van der Waals surface area (Å²) < 4.78 is 10.2. The number of hydrogen-bond donors (Lipinski definition) is 4. The molecule has 8 bridgehead atoms. The lowest BCUT2D eigenvalue weighted by molar-refractivity contribution is -0.170. The highest BCUT2D eigenvalue weighted by atomic mass is 16.5. The SMILES string of the molecule is COC(=O)C1CCCCNC(=O)C23CC4CC(C2)CC(C4)(C3)C(=O)NCCCCC(C(=O)OC)NC(=O)C23CC4CC(CC(C4)(C2)C(=O)N1)C3. The molecule has 1 heterocycles. The molecule has 1 aliphatic heterocycles. The first kappa shape index (κ1) is 35.2. The molecule has 4 amide bonds. The Morgan fingerprint density at radius 1 is 0.520 bits per heavy atom. The fourth-order valence-corrected chi connectivity index (χ4v) is 12.7. The van der Waals surface area contributed by atoms with Gasteiger partial charge in [-0.1, -0.05) is 0 Å². The van der Waals surface area contributed by atoms with E-state index in [1.54, 1.807) is 0 Å². The van der Waals surface area contributed by atoms with Crippen molar-refractivity contribution in [2.45, 2.75) is 128 Å². The number of esters is 2. The lowest BCUT2D eigenvalue weighted by atomic mass is 9.43. The number of amides is 4. The van der Waals surface area contributed by atoms with Gasteiger partial charge in [-0.05, 0) is 139 Å². The van der Waals surface area contributed by atoms with Crippen molar-refractivity contribution < 1.29 is 38.2 Å². The standard InChI is InChI=1S/C38H56N4O8/c1-49-29(43)27-7-3-5-9-39-31(45)35-13-23-11-24(14-35)16-36(15-23,21-35)32(46)40-10-6-4-8-28(30(44)50-2)42-34(48)38-19-25-12-26(20-38)18-37(17-25,22-38)33(47)41-27/h23-28H,3-22H2,1-2H3,(H,39,45)(H,40,46)(H,41,47)(H,42,48). The molecule has 8 saturated carbocycles. The highest BCUT2D eigenvalue weighted by Crippen LogP contribution is 2.66. The van der Waals surface area contributed by atoms with E-state index in [1.807, 2.05) is 0 Å². The molecule has 0 aromatic heterocycles. The number of ether oxygens (including phenoxy) is 2. The fraction of sp³-hybridized carbons (Fsp3) is 0.842. The maximum absolute atomic E-state index is 14.2. The van der Waals surface area contributed by atoms with Gasteiger partial charge >= 0.3 is 11.9 Å². The smallest absolute Gasteiger partial charge is 0.328 e. The van der Waals surface area contributed by atoms with Gasteiger partial charge in [-0.25, -0.2) is 9.59 Å². The van der Waals surface area contributed by atoms with E-state index in [0.29, 0.717) is 102 Å². The van der Waals surface area contributed by atoms with Gasteiger partial charge in [0.05, 0.1) is 35.9 Å². The largest absolute Gasteiger partial charge is 0.467 e. The average Bonchev–Trinajstić information content (AvgIpc) is 3.07. The van der Waals surface area contributed by atoms with Crippen LogP contribution in [0.15, 0.2) is 0 Å². The van der Waals surface area contributed by atoms with Crippen LogP contribution in [0.1, 0.15) is 116 Å². The van der Waals surface area contributed by atoms with Gasteiger partial charge in [0.15, 0.2) is 0 Å².